The van der Waals surface area contributed by atoms with Crippen molar-refractivity contribution in [2.24, 2.45) is 0 Å². The van der Waals surface area contributed by atoms with Crippen LogP contribution in [0.3, 0.4) is 0 Å². The first-order valence-electron chi connectivity index (χ1n) is 5.30. The van der Waals surface area contributed by atoms with E-state index in [0.717, 1.165) is 0 Å². The van der Waals surface area contributed by atoms with Gasteiger partial charge in [0.25, 0.3) is 0 Å². The van der Waals surface area contributed by atoms with E-state index in [1.807, 2.05) is 0 Å². The molecule has 1 aromatic heterocycles. The van der Waals surface area contributed by atoms with Crippen molar-refractivity contribution < 1.29 is 14.1 Å². The standard InChI is InChI=1S/C11H15N3O4/c1-5-6-7(8-13-10(16)18-14-8)12-9(15)17-11(2,3)4/h1,7H,6H2,2-4H3,(H,12,15)(H,13,14,16). The van der Waals surface area contributed by atoms with E-state index in [1.165, 1.54) is 0 Å². The van der Waals surface area contributed by atoms with Crippen molar-refractivity contribution in [2.45, 2.75) is 38.8 Å². The average Bonchev–Trinajstić information content (AvgIpc) is 2.61. The molecule has 2 N–H and O–H groups in total. The second-order valence-corrected chi connectivity index (χ2v) is 4.59. The summed E-state index contributed by atoms with van der Waals surface area (Å²) in [5, 5.41) is 5.98. The molecule has 1 heterocycles. The van der Waals surface area contributed by atoms with Crippen LogP contribution >= 0.6 is 0 Å². The fraction of sp³-hybridized carbons (Fsp3) is 0.545. The highest BCUT2D eigenvalue weighted by Gasteiger charge is 2.22. The van der Waals surface area contributed by atoms with Gasteiger partial charge in [-0.1, -0.05) is 5.16 Å². The van der Waals surface area contributed by atoms with Gasteiger partial charge in [-0.25, -0.2) is 9.59 Å². The van der Waals surface area contributed by atoms with Crippen molar-refractivity contribution in [3.63, 3.8) is 0 Å². The van der Waals surface area contributed by atoms with Gasteiger partial charge in [-0.2, -0.15) is 0 Å². The molecule has 0 aliphatic carbocycles. The Labute approximate surface area is 104 Å². The lowest BCUT2D eigenvalue weighted by molar-refractivity contribution is 0.0502. The summed E-state index contributed by atoms with van der Waals surface area (Å²) in [5.41, 5.74) is -0.623. The zero-order valence-corrected chi connectivity index (χ0v) is 10.4. The Hall–Kier alpha value is -2.23. The lowest BCUT2D eigenvalue weighted by Gasteiger charge is -2.21. The van der Waals surface area contributed by atoms with E-state index in [-0.39, 0.29) is 12.2 Å². The van der Waals surface area contributed by atoms with E-state index in [2.05, 4.69) is 25.9 Å². The monoisotopic (exact) mass is 253 g/mol. The summed E-state index contributed by atoms with van der Waals surface area (Å²) < 4.78 is 9.43. The van der Waals surface area contributed by atoms with Crippen molar-refractivity contribution in [1.29, 1.82) is 0 Å². The summed E-state index contributed by atoms with van der Waals surface area (Å²) in [7, 11) is 0. The molecule has 7 heteroatoms. The van der Waals surface area contributed by atoms with Crippen molar-refractivity contribution in [3.05, 3.63) is 16.4 Å². The lowest BCUT2D eigenvalue weighted by Crippen LogP contribution is -2.35. The summed E-state index contributed by atoms with van der Waals surface area (Å²) in [6.07, 6.45) is 4.69. The number of aromatic nitrogens is 2. The molecule has 0 aliphatic rings. The van der Waals surface area contributed by atoms with Crippen LogP contribution in [0.4, 0.5) is 4.79 Å². The molecule has 1 atom stereocenters. The second-order valence-electron chi connectivity index (χ2n) is 4.59. The minimum atomic E-state index is -0.710. The lowest BCUT2D eigenvalue weighted by atomic mass is 10.2. The third-order valence-electron chi connectivity index (χ3n) is 1.80. The van der Waals surface area contributed by atoms with Gasteiger partial charge in [-0.05, 0) is 20.8 Å². The van der Waals surface area contributed by atoms with Crippen LogP contribution in [0.2, 0.25) is 0 Å². The van der Waals surface area contributed by atoms with Gasteiger partial charge in [-0.3, -0.25) is 9.51 Å². The van der Waals surface area contributed by atoms with Crippen LogP contribution in [-0.2, 0) is 4.74 Å². The molecule has 0 spiro atoms. The second kappa shape index (κ2) is 5.40. The molecule has 1 aromatic rings. The molecule has 0 aliphatic heterocycles. The number of nitrogens with zero attached hydrogens (tertiary/aromatic N) is 1. The van der Waals surface area contributed by atoms with Crippen molar-refractivity contribution in [2.75, 3.05) is 0 Å². The zero-order chi connectivity index (χ0) is 13.8. The van der Waals surface area contributed by atoms with Gasteiger partial charge in [0.05, 0.1) is 0 Å². The van der Waals surface area contributed by atoms with E-state index in [0.29, 0.717) is 0 Å². The molecule has 0 saturated heterocycles. The number of carbonyl (C=O) groups excluding carboxylic acids is 1. The number of nitrogens with one attached hydrogen (secondary N) is 2. The third kappa shape index (κ3) is 4.33. The number of hydrogen-bond donors (Lipinski definition) is 2. The molecule has 0 radical (unpaired) electrons. The Morgan fingerprint density at radius 3 is 2.78 bits per heavy atom. The number of amides is 1. The van der Waals surface area contributed by atoms with E-state index in [4.69, 9.17) is 11.2 Å². The predicted molar refractivity (Wildman–Crippen MR) is 62.7 cm³/mol. The highest BCUT2D eigenvalue weighted by atomic mass is 16.6. The molecule has 7 nitrogen and oxygen atoms in total. The molecule has 0 saturated carbocycles. The number of H-pyrrole nitrogens is 1. The van der Waals surface area contributed by atoms with Crippen molar-refractivity contribution >= 4 is 6.09 Å². The molecule has 0 fully saturated rings. The molecular formula is C11H15N3O4. The fourth-order valence-electron chi connectivity index (χ4n) is 1.18. The smallest absolute Gasteiger partial charge is 0.438 e. The predicted octanol–water partition coefficient (Wildman–Crippen LogP) is 0.952. The number of alkyl carbamates (subject to hydrolysis) is 1. The first kappa shape index (κ1) is 13.8. The van der Waals surface area contributed by atoms with Gasteiger partial charge in [0.1, 0.15) is 11.6 Å². The molecular weight excluding hydrogens is 238 g/mol. The number of aromatic amines is 1. The van der Waals surface area contributed by atoms with Gasteiger partial charge in [0.2, 0.25) is 0 Å². The summed E-state index contributed by atoms with van der Waals surface area (Å²) in [5.74, 6) is 1.82. The number of rotatable bonds is 3. The average molecular weight is 253 g/mol. The van der Waals surface area contributed by atoms with Crippen LogP contribution in [0.25, 0.3) is 0 Å². The van der Waals surface area contributed by atoms with Crippen LogP contribution < -0.4 is 11.1 Å². The van der Waals surface area contributed by atoms with Gasteiger partial charge < -0.3 is 10.1 Å². The Bertz CT molecular complexity index is 503. The maximum absolute atomic E-state index is 11.6. The minimum absolute atomic E-state index is 0.154. The topological polar surface area (TPSA) is 97.2 Å². The third-order valence-corrected chi connectivity index (χ3v) is 1.80. The SMILES string of the molecule is C#CCC(NC(=O)OC(C)(C)C)c1noc(=O)[nH]1. The summed E-state index contributed by atoms with van der Waals surface area (Å²) in [6, 6.07) is -0.656. The van der Waals surface area contributed by atoms with Gasteiger partial charge in [-0.15, -0.1) is 12.3 Å². The maximum Gasteiger partial charge on any atom is 0.438 e. The Balaban J connectivity index is 2.73. The highest BCUT2D eigenvalue weighted by Crippen LogP contribution is 2.13. The quantitative estimate of drug-likeness (QED) is 0.782. The van der Waals surface area contributed by atoms with Crippen molar-refractivity contribution in [1.82, 2.24) is 15.5 Å². The normalized spacial score (nSPS) is 12.6. The van der Waals surface area contributed by atoms with E-state index >= 15 is 0 Å². The summed E-state index contributed by atoms with van der Waals surface area (Å²) in [6.45, 7) is 5.21. The summed E-state index contributed by atoms with van der Waals surface area (Å²) in [4.78, 5) is 24.7. The van der Waals surface area contributed by atoms with E-state index < -0.39 is 23.5 Å². The van der Waals surface area contributed by atoms with Crippen molar-refractivity contribution in [3.8, 4) is 12.3 Å². The van der Waals surface area contributed by atoms with Gasteiger partial charge in [0, 0.05) is 6.42 Å². The van der Waals surface area contributed by atoms with Crippen LogP contribution in [0.1, 0.15) is 39.1 Å². The molecule has 1 amide bonds. The molecule has 1 unspecified atom stereocenters. The molecule has 0 bridgehead atoms. The highest BCUT2D eigenvalue weighted by molar-refractivity contribution is 5.68. The van der Waals surface area contributed by atoms with Gasteiger partial charge in [0.15, 0.2) is 5.82 Å². The largest absolute Gasteiger partial charge is 0.444 e. The molecule has 0 aromatic carbocycles. The first-order chi connectivity index (χ1) is 8.31. The maximum atomic E-state index is 11.6. The summed E-state index contributed by atoms with van der Waals surface area (Å²) >= 11 is 0. The zero-order valence-electron chi connectivity index (χ0n) is 10.4. The Kier molecular flexibility index (Phi) is 4.15. The number of terminal acetylenes is 1. The molecule has 98 valence electrons. The Morgan fingerprint density at radius 1 is 1.67 bits per heavy atom. The molecule has 1 rings (SSSR count). The first-order valence-corrected chi connectivity index (χ1v) is 5.30. The fourth-order valence-corrected chi connectivity index (χ4v) is 1.18. The van der Waals surface area contributed by atoms with Gasteiger partial charge >= 0.3 is 11.8 Å². The number of ether oxygens (including phenoxy) is 1. The van der Waals surface area contributed by atoms with Crippen LogP contribution in [0, 0.1) is 12.3 Å². The Morgan fingerprint density at radius 2 is 2.33 bits per heavy atom. The van der Waals surface area contributed by atoms with E-state index in [9.17, 15) is 9.59 Å². The molecule has 18 heavy (non-hydrogen) atoms. The minimum Gasteiger partial charge on any atom is -0.444 e. The van der Waals surface area contributed by atoms with E-state index in [1.54, 1.807) is 20.8 Å². The van der Waals surface area contributed by atoms with Crippen LogP contribution in [0.5, 0.6) is 0 Å². The van der Waals surface area contributed by atoms with Crippen LogP contribution in [-0.4, -0.2) is 21.8 Å². The number of carbonyl (C=O) groups is 1. The van der Waals surface area contributed by atoms with Crippen LogP contribution in [0.15, 0.2) is 9.32 Å². The number of hydrogen-bond acceptors (Lipinski definition) is 5.